The van der Waals surface area contributed by atoms with Crippen LogP contribution in [0.25, 0.3) is 10.3 Å². The fourth-order valence-corrected chi connectivity index (χ4v) is 4.65. The third-order valence-corrected chi connectivity index (χ3v) is 6.59. The lowest BCUT2D eigenvalue weighted by molar-refractivity contribution is 0.0696. The van der Waals surface area contributed by atoms with E-state index in [9.17, 15) is 9.59 Å². The number of aromatic carboxylic acids is 1. The summed E-state index contributed by atoms with van der Waals surface area (Å²) in [6, 6.07) is 9.23. The Hall–Kier alpha value is -4.52. The summed E-state index contributed by atoms with van der Waals surface area (Å²) in [5.41, 5.74) is 2.87. The summed E-state index contributed by atoms with van der Waals surface area (Å²) in [4.78, 5) is 44.6. The van der Waals surface area contributed by atoms with E-state index in [4.69, 9.17) is 19.6 Å². The van der Waals surface area contributed by atoms with Gasteiger partial charge in [-0.3, -0.25) is 4.79 Å². The lowest BCUT2D eigenvalue weighted by Crippen LogP contribution is -2.37. The molecular weight excluding hydrogens is 498 g/mol. The van der Waals surface area contributed by atoms with Crippen molar-refractivity contribution >= 4 is 51.1 Å². The van der Waals surface area contributed by atoms with Crippen molar-refractivity contribution in [2.24, 2.45) is 0 Å². The van der Waals surface area contributed by atoms with Crippen LogP contribution in [-0.2, 0) is 0 Å². The monoisotopic (exact) mass is 521 g/mol. The second-order valence-corrected chi connectivity index (χ2v) is 9.03. The van der Waals surface area contributed by atoms with Crippen LogP contribution in [0, 0.1) is 0 Å². The zero-order chi connectivity index (χ0) is 25.9. The first-order valence-corrected chi connectivity index (χ1v) is 12.2. The van der Waals surface area contributed by atoms with Crippen molar-refractivity contribution in [3.63, 3.8) is 0 Å². The molecule has 0 aliphatic carbocycles. The summed E-state index contributed by atoms with van der Waals surface area (Å²) in [6.07, 6.45) is 0.711. The number of carboxylic acids is 1. The van der Waals surface area contributed by atoms with Crippen LogP contribution in [0.1, 0.15) is 27.1 Å². The molecule has 13 heteroatoms. The molecule has 1 atom stereocenters. The van der Waals surface area contributed by atoms with Crippen molar-refractivity contribution in [3.05, 3.63) is 53.0 Å². The van der Waals surface area contributed by atoms with Gasteiger partial charge in [0.05, 0.1) is 25.3 Å². The molecule has 3 N–H and O–H groups in total. The Labute approximate surface area is 215 Å². The Kier molecular flexibility index (Phi) is 6.68. The quantitative estimate of drug-likeness (QED) is 0.314. The number of carbonyl (C=O) groups is 2. The van der Waals surface area contributed by atoms with Crippen LogP contribution in [0.15, 0.2) is 41.9 Å². The van der Waals surface area contributed by atoms with E-state index < -0.39 is 5.97 Å². The molecule has 4 heterocycles. The summed E-state index contributed by atoms with van der Waals surface area (Å²) < 4.78 is 10.5. The number of pyridine rings is 1. The summed E-state index contributed by atoms with van der Waals surface area (Å²) in [7, 11) is 3.06. The lowest BCUT2D eigenvalue weighted by atomic mass is 10.1. The third-order valence-electron chi connectivity index (χ3n) is 5.87. The van der Waals surface area contributed by atoms with Crippen LogP contribution < -0.4 is 25.0 Å². The van der Waals surface area contributed by atoms with Gasteiger partial charge in [-0.25, -0.2) is 9.78 Å². The largest absolute Gasteiger partial charge is 0.491 e. The number of hydrogen-bond acceptors (Lipinski definition) is 11. The number of carboxylic acid groups (broad SMARTS) is 1. The van der Waals surface area contributed by atoms with Crippen molar-refractivity contribution in [2.45, 2.75) is 12.5 Å². The van der Waals surface area contributed by atoms with Gasteiger partial charge < -0.3 is 30.1 Å². The summed E-state index contributed by atoms with van der Waals surface area (Å²) >= 11 is 1.41. The van der Waals surface area contributed by atoms with Crippen LogP contribution in [0.5, 0.6) is 11.6 Å². The highest BCUT2D eigenvalue weighted by atomic mass is 32.1. The summed E-state index contributed by atoms with van der Waals surface area (Å²) in [5, 5.41) is 15.3. The first-order chi connectivity index (χ1) is 17.9. The summed E-state index contributed by atoms with van der Waals surface area (Å²) in [6.45, 7) is 1.18. The minimum Gasteiger partial charge on any atom is -0.491 e. The number of fused-ring (bicyclic) bond motifs is 1. The fraction of sp³-hybridized carbons (Fsp3) is 0.250. The Bertz CT molecular complexity index is 1460. The zero-order valence-electron chi connectivity index (χ0n) is 20.0. The van der Waals surface area contributed by atoms with E-state index in [1.54, 1.807) is 24.8 Å². The Morgan fingerprint density at radius 3 is 2.57 bits per heavy atom. The number of rotatable bonds is 8. The van der Waals surface area contributed by atoms with Crippen LogP contribution in [0.4, 0.5) is 17.6 Å². The van der Waals surface area contributed by atoms with E-state index in [0.29, 0.717) is 59.8 Å². The first kappa shape index (κ1) is 24.2. The number of anilines is 3. The van der Waals surface area contributed by atoms with Gasteiger partial charge in [0.15, 0.2) is 16.4 Å². The zero-order valence-corrected chi connectivity index (χ0v) is 20.8. The van der Waals surface area contributed by atoms with Crippen LogP contribution in [-0.4, -0.2) is 70.3 Å². The molecule has 1 saturated heterocycles. The van der Waals surface area contributed by atoms with Gasteiger partial charge in [0.25, 0.3) is 11.8 Å². The van der Waals surface area contributed by atoms with Crippen LogP contribution in [0.3, 0.4) is 0 Å². The molecule has 1 aliphatic heterocycles. The van der Waals surface area contributed by atoms with E-state index in [2.05, 4.69) is 25.6 Å². The molecule has 1 fully saturated rings. The number of methoxy groups -OCH3 is 2. The molecule has 1 amide bonds. The number of ether oxygens (including phenoxy) is 2. The normalized spacial score (nSPS) is 15.0. The Morgan fingerprint density at radius 1 is 1.05 bits per heavy atom. The van der Waals surface area contributed by atoms with Gasteiger partial charge in [-0.2, -0.15) is 15.0 Å². The predicted octanol–water partition coefficient (Wildman–Crippen LogP) is 2.95. The molecular formula is C24H23N7O5S. The highest BCUT2D eigenvalue weighted by Crippen LogP contribution is 2.31. The van der Waals surface area contributed by atoms with E-state index in [1.165, 1.54) is 42.7 Å². The van der Waals surface area contributed by atoms with Crippen molar-refractivity contribution in [3.8, 4) is 11.6 Å². The van der Waals surface area contributed by atoms with Gasteiger partial charge >= 0.3 is 5.97 Å². The molecule has 3 aromatic heterocycles. The molecule has 0 spiro atoms. The van der Waals surface area contributed by atoms with Crippen molar-refractivity contribution in [1.29, 1.82) is 0 Å². The molecule has 0 radical (unpaired) electrons. The number of hydrogen-bond donors (Lipinski definition) is 3. The number of nitrogens with zero attached hydrogens (tertiary/aromatic N) is 5. The molecule has 37 heavy (non-hydrogen) atoms. The number of amides is 1. The smallest absolute Gasteiger partial charge is 0.335 e. The van der Waals surface area contributed by atoms with Gasteiger partial charge in [-0.15, -0.1) is 11.3 Å². The minimum absolute atomic E-state index is 0.115. The van der Waals surface area contributed by atoms with Crippen LogP contribution >= 0.6 is 11.3 Å². The second kappa shape index (κ2) is 10.2. The molecule has 12 nitrogen and oxygen atoms in total. The lowest BCUT2D eigenvalue weighted by Gasteiger charge is -2.18. The predicted molar refractivity (Wildman–Crippen MR) is 137 cm³/mol. The van der Waals surface area contributed by atoms with E-state index in [0.717, 1.165) is 4.83 Å². The maximum absolute atomic E-state index is 12.7. The molecule has 1 unspecified atom stereocenters. The molecule has 5 rings (SSSR count). The molecule has 190 valence electrons. The molecule has 1 aliphatic rings. The van der Waals surface area contributed by atoms with E-state index in [-0.39, 0.29) is 17.5 Å². The van der Waals surface area contributed by atoms with E-state index >= 15 is 0 Å². The third kappa shape index (κ3) is 5.07. The van der Waals surface area contributed by atoms with E-state index in [1.807, 2.05) is 4.90 Å². The van der Waals surface area contributed by atoms with Crippen molar-refractivity contribution in [2.75, 3.05) is 37.5 Å². The van der Waals surface area contributed by atoms with Crippen molar-refractivity contribution in [1.82, 2.24) is 25.3 Å². The number of carbonyl (C=O) groups excluding carboxylic acids is 1. The number of aromatic nitrogens is 4. The fourth-order valence-electron chi connectivity index (χ4n) is 3.99. The Balaban J connectivity index is 1.32. The highest BCUT2D eigenvalue weighted by Gasteiger charge is 2.27. The molecule has 4 aromatic rings. The maximum Gasteiger partial charge on any atom is 0.335 e. The SMILES string of the molecule is COc1ccc(Nc2nc(N3CCC(NC(=O)c4ccc(C(=O)O)cc4)C3)nc3scnc23)nc1OC. The number of benzene rings is 1. The highest BCUT2D eigenvalue weighted by molar-refractivity contribution is 7.16. The van der Waals surface area contributed by atoms with Crippen LogP contribution in [0.2, 0.25) is 0 Å². The van der Waals surface area contributed by atoms with Gasteiger partial charge in [-0.05, 0) is 42.8 Å². The van der Waals surface area contributed by atoms with Gasteiger partial charge in [-0.1, -0.05) is 0 Å². The minimum atomic E-state index is -1.04. The molecule has 0 bridgehead atoms. The molecule has 0 saturated carbocycles. The van der Waals surface area contributed by atoms with Gasteiger partial charge in [0, 0.05) is 24.7 Å². The van der Waals surface area contributed by atoms with Gasteiger partial charge in [0.2, 0.25) is 5.95 Å². The first-order valence-electron chi connectivity index (χ1n) is 11.3. The second-order valence-electron chi connectivity index (χ2n) is 8.20. The van der Waals surface area contributed by atoms with Gasteiger partial charge in [0.1, 0.15) is 11.3 Å². The topological polar surface area (TPSA) is 152 Å². The standard InChI is InChI=1S/C24H23N7O5S/c1-35-16-7-8-17(28-21(16)36-2)27-19-18-22(37-12-25-18)30-24(29-19)31-10-9-15(11-31)26-20(32)13-3-5-14(6-4-13)23(33)34/h3-8,12,15H,9-11H2,1-2H3,(H,26,32)(H,33,34)(H,27,28,29,30). The molecule has 1 aromatic carbocycles. The number of nitrogens with one attached hydrogen (secondary N) is 2. The maximum atomic E-state index is 12.7. The average Bonchev–Trinajstić information content (AvgIpc) is 3.58. The average molecular weight is 522 g/mol. The number of thiazole rings is 1. The summed E-state index contributed by atoms with van der Waals surface area (Å²) in [5.74, 6) is 1.09. The Morgan fingerprint density at radius 2 is 1.84 bits per heavy atom. The van der Waals surface area contributed by atoms with Crippen molar-refractivity contribution < 1.29 is 24.2 Å².